The van der Waals surface area contributed by atoms with Gasteiger partial charge >= 0.3 is 0 Å². The third-order valence-electron chi connectivity index (χ3n) is 2.41. The molecule has 2 unspecified atom stereocenters. The fourth-order valence-electron chi connectivity index (χ4n) is 1.66. The van der Waals surface area contributed by atoms with Gasteiger partial charge in [-0.25, -0.2) is 0 Å². The average molecular weight is 231 g/mol. The van der Waals surface area contributed by atoms with Crippen molar-refractivity contribution < 1.29 is 5.11 Å². The largest absolute Gasteiger partial charge is 0.387 e. The van der Waals surface area contributed by atoms with E-state index in [1.165, 1.54) is 5.69 Å². The van der Waals surface area contributed by atoms with Crippen molar-refractivity contribution >= 4 is 15.9 Å². The minimum atomic E-state index is -0.387. The monoisotopic (exact) mass is 230 g/mol. The van der Waals surface area contributed by atoms with Gasteiger partial charge in [-0.2, -0.15) is 5.10 Å². The molecule has 1 aromatic heterocycles. The molecule has 1 aromatic rings. The number of rotatable bonds is 0. The summed E-state index contributed by atoms with van der Waals surface area (Å²) in [5.41, 5.74) is 2.14. The van der Waals surface area contributed by atoms with E-state index in [0.717, 1.165) is 18.4 Å². The molecular weight excluding hydrogens is 220 g/mol. The Hall–Kier alpha value is -0.350. The molecule has 1 N–H and O–H groups in total. The standard InChI is InChI=1S/C8H11BrN2O/c1-11-7-3-2-6(9)8(12)5(7)4-10-11/h4,6,8,12H,2-3H2,1H3. The summed E-state index contributed by atoms with van der Waals surface area (Å²) in [6.45, 7) is 0. The van der Waals surface area contributed by atoms with E-state index in [0.29, 0.717) is 0 Å². The number of aromatic nitrogens is 2. The van der Waals surface area contributed by atoms with Crippen molar-refractivity contribution in [3.05, 3.63) is 17.5 Å². The first-order valence-corrected chi connectivity index (χ1v) is 4.94. The Balaban J connectivity index is 2.43. The molecule has 66 valence electrons. The second-order valence-corrected chi connectivity index (χ2v) is 4.35. The van der Waals surface area contributed by atoms with Crippen molar-refractivity contribution in [1.29, 1.82) is 0 Å². The molecular formula is C8H11BrN2O. The first-order chi connectivity index (χ1) is 5.70. The zero-order chi connectivity index (χ0) is 8.72. The molecule has 4 heteroatoms. The molecule has 1 heterocycles. The third kappa shape index (κ3) is 1.10. The lowest BCUT2D eigenvalue weighted by Crippen LogP contribution is -2.20. The minimum absolute atomic E-state index is 0.189. The normalized spacial score (nSPS) is 28.6. The molecule has 2 rings (SSSR count). The van der Waals surface area contributed by atoms with Crippen molar-refractivity contribution in [2.75, 3.05) is 0 Å². The van der Waals surface area contributed by atoms with Crippen LogP contribution in [0.4, 0.5) is 0 Å². The smallest absolute Gasteiger partial charge is 0.0948 e. The van der Waals surface area contributed by atoms with Crippen LogP contribution in [0.5, 0.6) is 0 Å². The molecule has 0 bridgehead atoms. The maximum Gasteiger partial charge on any atom is 0.0948 e. The van der Waals surface area contributed by atoms with E-state index in [-0.39, 0.29) is 10.9 Å². The van der Waals surface area contributed by atoms with E-state index in [9.17, 15) is 5.11 Å². The molecule has 1 aliphatic rings. The van der Waals surface area contributed by atoms with Crippen molar-refractivity contribution in [2.24, 2.45) is 7.05 Å². The lowest BCUT2D eigenvalue weighted by atomic mass is 9.95. The van der Waals surface area contributed by atoms with Crippen molar-refractivity contribution in [1.82, 2.24) is 9.78 Å². The first kappa shape index (κ1) is 8.26. The van der Waals surface area contributed by atoms with Gasteiger partial charge in [0.25, 0.3) is 0 Å². The van der Waals surface area contributed by atoms with Gasteiger partial charge in [-0.3, -0.25) is 4.68 Å². The van der Waals surface area contributed by atoms with Crippen LogP contribution >= 0.6 is 15.9 Å². The number of hydrogen-bond acceptors (Lipinski definition) is 2. The summed E-state index contributed by atoms with van der Waals surface area (Å²) in [6, 6.07) is 0. The van der Waals surface area contributed by atoms with Gasteiger partial charge in [-0.05, 0) is 12.8 Å². The number of fused-ring (bicyclic) bond motifs is 1. The summed E-state index contributed by atoms with van der Waals surface area (Å²) in [5, 5.41) is 13.9. The maximum atomic E-state index is 9.74. The highest BCUT2D eigenvalue weighted by atomic mass is 79.9. The number of aliphatic hydroxyl groups excluding tert-OH is 1. The lowest BCUT2D eigenvalue weighted by molar-refractivity contribution is 0.165. The summed E-state index contributed by atoms with van der Waals surface area (Å²) in [6.07, 6.45) is 3.35. The van der Waals surface area contributed by atoms with Crippen LogP contribution in [0.3, 0.4) is 0 Å². The van der Waals surface area contributed by atoms with E-state index in [1.54, 1.807) is 6.20 Å². The van der Waals surface area contributed by atoms with Crippen LogP contribution in [0.2, 0.25) is 0 Å². The summed E-state index contributed by atoms with van der Waals surface area (Å²) in [4.78, 5) is 0.189. The van der Waals surface area contributed by atoms with E-state index >= 15 is 0 Å². The van der Waals surface area contributed by atoms with Crippen LogP contribution in [0.15, 0.2) is 6.20 Å². The van der Waals surface area contributed by atoms with Crippen molar-refractivity contribution in [3.8, 4) is 0 Å². The van der Waals surface area contributed by atoms with Gasteiger partial charge < -0.3 is 5.11 Å². The number of aliphatic hydroxyl groups is 1. The van der Waals surface area contributed by atoms with Crippen LogP contribution in [0.1, 0.15) is 23.8 Å². The Morgan fingerprint density at radius 2 is 2.50 bits per heavy atom. The Morgan fingerprint density at radius 3 is 3.25 bits per heavy atom. The number of alkyl halides is 1. The molecule has 1 aliphatic carbocycles. The number of aryl methyl sites for hydroxylation is 1. The van der Waals surface area contributed by atoms with Gasteiger partial charge in [0.15, 0.2) is 0 Å². The fourth-order valence-corrected chi connectivity index (χ4v) is 2.17. The number of hydrogen-bond donors (Lipinski definition) is 1. The minimum Gasteiger partial charge on any atom is -0.387 e. The average Bonchev–Trinajstić information content (AvgIpc) is 2.41. The molecule has 3 nitrogen and oxygen atoms in total. The van der Waals surface area contributed by atoms with E-state index < -0.39 is 0 Å². The summed E-state index contributed by atoms with van der Waals surface area (Å²) < 4.78 is 1.84. The highest BCUT2D eigenvalue weighted by Crippen LogP contribution is 2.33. The first-order valence-electron chi connectivity index (χ1n) is 4.03. The third-order valence-corrected chi connectivity index (χ3v) is 3.37. The summed E-state index contributed by atoms with van der Waals surface area (Å²) in [5.74, 6) is 0. The predicted octanol–water partition coefficient (Wildman–Crippen LogP) is 1.16. The highest BCUT2D eigenvalue weighted by molar-refractivity contribution is 9.09. The van der Waals surface area contributed by atoms with Crippen LogP contribution in [-0.2, 0) is 13.5 Å². The lowest BCUT2D eigenvalue weighted by Gasteiger charge is -2.23. The molecule has 0 aromatic carbocycles. The SMILES string of the molecule is Cn1ncc2c1CCC(Br)C2O. The fraction of sp³-hybridized carbons (Fsp3) is 0.625. The van der Waals surface area contributed by atoms with Gasteiger partial charge in [0.2, 0.25) is 0 Å². The Labute approximate surface area is 79.5 Å². The maximum absolute atomic E-state index is 9.74. The van der Waals surface area contributed by atoms with E-state index in [1.807, 2.05) is 11.7 Å². The molecule has 0 radical (unpaired) electrons. The molecule has 0 spiro atoms. The second kappa shape index (κ2) is 2.85. The van der Waals surface area contributed by atoms with E-state index in [4.69, 9.17) is 0 Å². The van der Waals surface area contributed by atoms with Crippen LogP contribution in [0, 0.1) is 0 Å². The summed E-state index contributed by atoms with van der Waals surface area (Å²) in [7, 11) is 1.92. The molecule has 12 heavy (non-hydrogen) atoms. The quantitative estimate of drug-likeness (QED) is 0.680. The van der Waals surface area contributed by atoms with Crippen molar-refractivity contribution in [2.45, 2.75) is 23.8 Å². The molecule has 0 fully saturated rings. The Morgan fingerprint density at radius 1 is 1.75 bits per heavy atom. The van der Waals surface area contributed by atoms with Gasteiger partial charge in [0, 0.05) is 23.1 Å². The number of halogens is 1. The second-order valence-electron chi connectivity index (χ2n) is 3.17. The predicted molar refractivity (Wildman–Crippen MR) is 49.2 cm³/mol. The molecule has 0 saturated carbocycles. The summed E-state index contributed by atoms with van der Waals surface area (Å²) >= 11 is 3.45. The van der Waals surface area contributed by atoms with Gasteiger partial charge in [-0.1, -0.05) is 15.9 Å². The number of nitrogens with zero attached hydrogens (tertiary/aromatic N) is 2. The topological polar surface area (TPSA) is 38.0 Å². The Kier molecular flexibility index (Phi) is 1.96. The van der Waals surface area contributed by atoms with Crippen LogP contribution in [-0.4, -0.2) is 19.7 Å². The van der Waals surface area contributed by atoms with Crippen molar-refractivity contribution in [3.63, 3.8) is 0 Å². The molecule has 0 amide bonds. The van der Waals surface area contributed by atoms with Gasteiger partial charge in [0.05, 0.1) is 12.3 Å². The molecule has 0 aliphatic heterocycles. The Bertz CT molecular complexity index is 297. The zero-order valence-corrected chi connectivity index (χ0v) is 8.45. The zero-order valence-electron chi connectivity index (χ0n) is 6.87. The van der Waals surface area contributed by atoms with Gasteiger partial charge in [0.1, 0.15) is 0 Å². The molecule has 2 atom stereocenters. The van der Waals surface area contributed by atoms with Crippen LogP contribution < -0.4 is 0 Å². The van der Waals surface area contributed by atoms with Crippen LogP contribution in [0.25, 0.3) is 0 Å². The van der Waals surface area contributed by atoms with E-state index in [2.05, 4.69) is 21.0 Å². The highest BCUT2D eigenvalue weighted by Gasteiger charge is 2.28. The van der Waals surface area contributed by atoms with Gasteiger partial charge in [-0.15, -0.1) is 0 Å². The molecule has 0 saturated heterocycles.